The fraction of sp³-hybridized carbons (Fsp3) is 0.348. The lowest BCUT2D eigenvalue weighted by molar-refractivity contribution is 0.253. The molecular formula is C23H25N5O. The van der Waals surface area contributed by atoms with Crippen LogP contribution in [-0.4, -0.2) is 20.1 Å². The second-order valence-electron chi connectivity index (χ2n) is 8.86. The molecule has 0 radical (unpaired) electrons. The molecular weight excluding hydrogens is 362 g/mol. The average Bonchev–Trinajstić information content (AvgIpc) is 3.32. The highest BCUT2D eigenvalue weighted by Gasteiger charge is 2.35. The lowest BCUT2D eigenvalue weighted by Crippen LogP contribution is -2.33. The standard InChI is InChI=1S/C23H25N5O/c1-15-4-7-17(8-5-15)28-22-12-23(2,3)11-21(18(22)14-25-28)24-13-16-6-9-19-20(10-16)27-29-26-19/h4-10,14,21,24H,11-13H2,1-3H3. The molecule has 0 bridgehead atoms. The third kappa shape index (κ3) is 3.44. The Morgan fingerprint density at radius 3 is 2.72 bits per heavy atom. The largest absolute Gasteiger partial charge is 0.306 e. The molecule has 1 aliphatic rings. The number of fused-ring (bicyclic) bond motifs is 2. The molecule has 4 aromatic rings. The number of hydrogen-bond donors (Lipinski definition) is 1. The minimum atomic E-state index is 0.202. The Labute approximate surface area is 169 Å². The van der Waals surface area contributed by atoms with Crippen LogP contribution in [0.3, 0.4) is 0 Å². The molecule has 1 aliphatic carbocycles. The van der Waals surface area contributed by atoms with E-state index in [0.717, 1.165) is 36.1 Å². The highest BCUT2D eigenvalue weighted by atomic mass is 16.6. The van der Waals surface area contributed by atoms with E-state index in [0.29, 0.717) is 0 Å². The van der Waals surface area contributed by atoms with Gasteiger partial charge in [-0.1, -0.05) is 37.6 Å². The number of rotatable bonds is 4. The lowest BCUT2D eigenvalue weighted by Gasteiger charge is -2.36. The van der Waals surface area contributed by atoms with Crippen LogP contribution >= 0.6 is 0 Å². The van der Waals surface area contributed by atoms with Crippen molar-refractivity contribution in [2.24, 2.45) is 5.41 Å². The molecule has 5 rings (SSSR count). The predicted molar refractivity (Wildman–Crippen MR) is 112 cm³/mol. The van der Waals surface area contributed by atoms with Gasteiger partial charge >= 0.3 is 0 Å². The zero-order chi connectivity index (χ0) is 20.0. The zero-order valence-electron chi connectivity index (χ0n) is 17.0. The van der Waals surface area contributed by atoms with Crippen LogP contribution in [0.2, 0.25) is 0 Å². The third-order valence-electron chi connectivity index (χ3n) is 5.83. The third-order valence-corrected chi connectivity index (χ3v) is 5.83. The van der Waals surface area contributed by atoms with Crippen molar-refractivity contribution < 1.29 is 4.63 Å². The average molecular weight is 387 g/mol. The Bertz CT molecular complexity index is 1160. The maximum absolute atomic E-state index is 4.81. The Morgan fingerprint density at radius 1 is 1.10 bits per heavy atom. The smallest absolute Gasteiger partial charge is 0.135 e. The molecule has 0 fully saturated rings. The summed E-state index contributed by atoms with van der Waals surface area (Å²) in [6, 6.07) is 14.9. The summed E-state index contributed by atoms with van der Waals surface area (Å²) in [4.78, 5) is 0. The first-order chi connectivity index (χ1) is 14.0. The van der Waals surface area contributed by atoms with Crippen molar-refractivity contribution in [1.82, 2.24) is 25.4 Å². The van der Waals surface area contributed by atoms with Crippen molar-refractivity contribution in [3.05, 3.63) is 71.0 Å². The first-order valence-corrected chi connectivity index (χ1v) is 10.1. The monoisotopic (exact) mass is 387 g/mol. The normalized spacial score (nSPS) is 18.1. The number of hydrogen-bond acceptors (Lipinski definition) is 5. The van der Waals surface area contributed by atoms with E-state index in [9.17, 15) is 0 Å². The van der Waals surface area contributed by atoms with Gasteiger partial charge in [0.2, 0.25) is 0 Å². The van der Waals surface area contributed by atoms with Crippen LogP contribution in [0.25, 0.3) is 16.7 Å². The van der Waals surface area contributed by atoms with Crippen molar-refractivity contribution in [2.45, 2.75) is 46.2 Å². The van der Waals surface area contributed by atoms with E-state index in [-0.39, 0.29) is 11.5 Å². The Hall–Kier alpha value is -2.99. The maximum atomic E-state index is 4.81. The summed E-state index contributed by atoms with van der Waals surface area (Å²) in [7, 11) is 0. The van der Waals surface area contributed by atoms with Gasteiger partial charge in [-0.2, -0.15) is 5.10 Å². The van der Waals surface area contributed by atoms with Gasteiger partial charge in [-0.25, -0.2) is 9.31 Å². The molecule has 148 valence electrons. The zero-order valence-corrected chi connectivity index (χ0v) is 17.0. The summed E-state index contributed by atoms with van der Waals surface area (Å²) in [6.07, 6.45) is 4.13. The molecule has 0 aliphatic heterocycles. The summed E-state index contributed by atoms with van der Waals surface area (Å²) >= 11 is 0. The number of nitrogens with one attached hydrogen (secondary N) is 1. The van der Waals surface area contributed by atoms with Crippen LogP contribution < -0.4 is 5.32 Å². The topological polar surface area (TPSA) is 68.8 Å². The number of aromatic nitrogens is 4. The molecule has 1 unspecified atom stereocenters. The molecule has 0 amide bonds. The maximum Gasteiger partial charge on any atom is 0.135 e. The second-order valence-corrected chi connectivity index (χ2v) is 8.86. The van der Waals surface area contributed by atoms with Gasteiger partial charge in [-0.05, 0) is 65.3 Å². The fourth-order valence-corrected chi connectivity index (χ4v) is 4.31. The van der Waals surface area contributed by atoms with Gasteiger partial charge in [0, 0.05) is 23.8 Å². The van der Waals surface area contributed by atoms with Gasteiger partial charge in [0.1, 0.15) is 11.0 Å². The van der Waals surface area contributed by atoms with E-state index in [1.54, 1.807) is 0 Å². The van der Waals surface area contributed by atoms with E-state index in [1.807, 2.05) is 18.3 Å². The van der Waals surface area contributed by atoms with Gasteiger partial charge < -0.3 is 5.32 Å². The van der Waals surface area contributed by atoms with E-state index in [4.69, 9.17) is 9.73 Å². The Balaban J connectivity index is 1.43. The molecule has 0 saturated heterocycles. The quantitative estimate of drug-likeness (QED) is 0.558. The van der Waals surface area contributed by atoms with E-state index < -0.39 is 0 Å². The van der Waals surface area contributed by atoms with Crippen molar-refractivity contribution in [2.75, 3.05) is 0 Å². The van der Waals surface area contributed by atoms with Crippen LogP contribution in [0.1, 0.15) is 48.7 Å². The van der Waals surface area contributed by atoms with Crippen molar-refractivity contribution >= 4 is 11.0 Å². The van der Waals surface area contributed by atoms with Gasteiger partial charge in [-0.15, -0.1) is 0 Å². The first kappa shape index (κ1) is 18.1. The van der Waals surface area contributed by atoms with E-state index in [2.05, 4.69) is 71.4 Å². The molecule has 0 saturated carbocycles. The van der Waals surface area contributed by atoms with Crippen LogP contribution in [0.15, 0.2) is 53.3 Å². The first-order valence-electron chi connectivity index (χ1n) is 10.1. The van der Waals surface area contributed by atoms with Crippen LogP contribution in [0.4, 0.5) is 0 Å². The van der Waals surface area contributed by atoms with Gasteiger partial charge in [0.25, 0.3) is 0 Å². The number of nitrogens with zero attached hydrogens (tertiary/aromatic N) is 4. The minimum Gasteiger partial charge on any atom is -0.306 e. The van der Waals surface area contributed by atoms with Crippen LogP contribution in [0.5, 0.6) is 0 Å². The highest BCUT2D eigenvalue weighted by molar-refractivity contribution is 5.73. The van der Waals surface area contributed by atoms with Crippen molar-refractivity contribution in [1.29, 1.82) is 0 Å². The SMILES string of the molecule is Cc1ccc(-n2ncc3c2CC(C)(C)CC3NCc2ccc3nonc3c2)cc1. The molecule has 2 heterocycles. The summed E-state index contributed by atoms with van der Waals surface area (Å²) < 4.78 is 6.92. The molecule has 6 nitrogen and oxygen atoms in total. The second kappa shape index (κ2) is 6.81. The van der Waals surface area contributed by atoms with Crippen molar-refractivity contribution in [3.63, 3.8) is 0 Å². The van der Waals surface area contributed by atoms with Gasteiger partial charge in [0.05, 0.1) is 11.9 Å². The molecule has 29 heavy (non-hydrogen) atoms. The summed E-state index contributed by atoms with van der Waals surface area (Å²) in [5.41, 5.74) is 7.94. The molecule has 6 heteroatoms. The summed E-state index contributed by atoms with van der Waals surface area (Å²) in [5.74, 6) is 0. The van der Waals surface area contributed by atoms with E-state index in [1.165, 1.54) is 22.4 Å². The van der Waals surface area contributed by atoms with Crippen LogP contribution in [-0.2, 0) is 13.0 Å². The molecule has 2 aromatic heterocycles. The Kier molecular flexibility index (Phi) is 4.24. The molecule has 1 atom stereocenters. The number of benzene rings is 2. The summed E-state index contributed by atoms with van der Waals surface area (Å²) in [5, 5.41) is 16.3. The number of aryl methyl sites for hydroxylation is 1. The lowest BCUT2D eigenvalue weighted by atomic mass is 9.74. The highest BCUT2D eigenvalue weighted by Crippen LogP contribution is 2.41. The predicted octanol–water partition coefficient (Wildman–Crippen LogP) is 4.52. The van der Waals surface area contributed by atoms with Gasteiger partial charge in [0.15, 0.2) is 0 Å². The van der Waals surface area contributed by atoms with Gasteiger partial charge in [-0.3, -0.25) is 0 Å². The minimum absolute atomic E-state index is 0.202. The van der Waals surface area contributed by atoms with Crippen LogP contribution in [0, 0.1) is 12.3 Å². The summed E-state index contributed by atoms with van der Waals surface area (Å²) in [6.45, 7) is 7.55. The van der Waals surface area contributed by atoms with Crippen molar-refractivity contribution in [3.8, 4) is 5.69 Å². The fourth-order valence-electron chi connectivity index (χ4n) is 4.31. The molecule has 1 N–H and O–H groups in total. The van der Waals surface area contributed by atoms with E-state index >= 15 is 0 Å². The Morgan fingerprint density at radius 2 is 1.90 bits per heavy atom. The molecule has 0 spiro atoms. The molecule has 2 aromatic carbocycles.